The maximum atomic E-state index is 10.0. The molecule has 0 amide bonds. The number of phenolic OH excluding ortho intramolecular Hbond substituents is 2. The fourth-order valence-corrected chi connectivity index (χ4v) is 2.70. The van der Waals surface area contributed by atoms with Crippen LogP contribution in [0, 0.1) is 12.3 Å². The molecule has 17 heavy (non-hydrogen) atoms. The molecule has 0 bridgehead atoms. The van der Waals surface area contributed by atoms with Crippen LogP contribution in [0.25, 0.3) is 0 Å². The van der Waals surface area contributed by atoms with Crippen LogP contribution in [0.3, 0.4) is 0 Å². The summed E-state index contributed by atoms with van der Waals surface area (Å²) in [5.41, 5.74) is 1.81. The van der Waals surface area contributed by atoms with E-state index < -0.39 is 0 Å². The van der Waals surface area contributed by atoms with Crippen LogP contribution >= 0.6 is 0 Å². The van der Waals surface area contributed by atoms with E-state index in [1.54, 1.807) is 6.07 Å². The van der Waals surface area contributed by atoms with Crippen molar-refractivity contribution in [3.8, 4) is 11.5 Å². The van der Waals surface area contributed by atoms with Crippen molar-refractivity contribution in [2.45, 2.75) is 53.4 Å². The number of phenols is 2. The highest BCUT2D eigenvalue weighted by Gasteiger charge is 2.30. The molecule has 96 valence electrons. The van der Waals surface area contributed by atoms with Crippen molar-refractivity contribution in [2.24, 2.45) is 5.41 Å². The molecule has 2 nitrogen and oxygen atoms in total. The van der Waals surface area contributed by atoms with Crippen LogP contribution in [0.4, 0.5) is 0 Å². The zero-order valence-electron chi connectivity index (χ0n) is 11.8. The maximum Gasteiger partial charge on any atom is 0.161 e. The van der Waals surface area contributed by atoms with Crippen LogP contribution in [0.2, 0.25) is 0 Å². The monoisotopic (exact) mass is 236 g/mol. The fourth-order valence-electron chi connectivity index (χ4n) is 2.70. The summed E-state index contributed by atoms with van der Waals surface area (Å²) in [5.74, 6) is -0.00756. The van der Waals surface area contributed by atoms with Gasteiger partial charge in [0.25, 0.3) is 0 Å². The van der Waals surface area contributed by atoms with E-state index in [1.807, 2.05) is 13.0 Å². The van der Waals surface area contributed by atoms with Gasteiger partial charge in [-0.25, -0.2) is 0 Å². The first-order valence-corrected chi connectivity index (χ1v) is 6.06. The number of hydrogen-bond donors (Lipinski definition) is 2. The molecular formula is C15H24O2. The molecule has 1 aromatic carbocycles. The molecular weight excluding hydrogens is 212 g/mol. The van der Waals surface area contributed by atoms with Crippen molar-refractivity contribution in [3.63, 3.8) is 0 Å². The van der Waals surface area contributed by atoms with E-state index in [-0.39, 0.29) is 22.3 Å². The van der Waals surface area contributed by atoms with Gasteiger partial charge in [0, 0.05) is 5.56 Å². The Kier molecular flexibility index (Phi) is 3.47. The summed E-state index contributed by atoms with van der Waals surface area (Å²) in [6, 6.07) is 3.55. The lowest BCUT2D eigenvalue weighted by Crippen LogP contribution is -2.25. The quantitative estimate of drug-likeness (QED) is 0.758. The van der Waals surface area contributed by atoms with Crippen molar-refractivity contribution in [1.29, 1.82) is 0 Å². The molecule has 0 aliphatic heterocycles. The van der Waals surface area contributed by atoms with Crippen LogP contribution in [0.5, 0.6) is 11.5 Å². The smallest absolute Gasteiger partial charge is 0.161 e. The maximum absolute atomic E-state index is 10.0. The first-order chi connectivity index (χ1) is 7.53. The molecule has 0 aliphatic rings. The molecule has 0 radical (unpaired) electrons. The van der Waals surface area contributed by atoms with Crippen LogP contribution in [0.1, 0.15) is 52.2 Å². The third-order valence-electron chi connectivity index (χ3n) is 2.94. The molecule has 0 fully saturated rings. The van der Waals surface area contributed by atoms with Gasteiger partial charge in [-0.05, 0) is 35.8 Å². The summed E-state index contributed by atoms with van der Waals surface area (Å²) >= 11 is 0. The lowest BCUT2D eigenvalue weighted by molar-refractivity contribution is 0.276. The van der Waals surface area contributed by atoms with E-state index >= 15 is 0 Å². The van der Waals surface area contributed by atoms with Gasteiger partial charge in [0.2, 0.25) is 0 Å². The average Bonchev–Trinajstić information content (AvgIpc) is 2.06. The first kappa shape index (κ1) is 13.9. The van der Waals surface area contributed by atoms with E-state index in [4.69, 9.17) is 0 Å². The number of benzene rings is 1. The molecule has 0 aliphatic carbocycles. The highest BCUT2D eigenvalue weighted by Crippen LogP contribution is 2.43. The summed E-state index contributed by atoms with van der Waals surface area (Å²) < 4.78 is 0. The van der Waals surface area contributed by atoms with Crippen molar-refractivity contribution in [1.82, 2.24) is 0 Å². The largest absolute Gasteiger partial charge is 0.504 e. The number of hydrogen-bond acceptors (Lipinski definition) is 2. The summed E-state index contributed by atoms with van der Waals surface area (Å²) in [7, 11) is 0. The Balaban J connectivity index is 3.23. The second-order valence-corrected chi connectivity index (χ2v) is 6.80. The van der Waals surface area contributed by atoms with E-state index in [9.17, 15) is 10.2 Å². The van der Waals surface area contributed by atoms with Crippen LogP contribution in [-0.4, -0.2) is 10.2 Å². The Morgan fingerprint density at radius 3 is 2.00 bits per heavy atom. The van der Waals surface area contributed by atoms with Gasteiger partial charge in [-0.15, -0.1) is 0 Å². The predicted octanol–water partition coefficient (Wildman–Crippen LogP) is 4.12. The van der Waals surface area contributed by atoms with E-state index in [0.29, 0.717) is 0 Å². The van der Waals surface area contributed by atoms with Crippen molar-refractivity contribution < 1.29 is 10.2 Å². The van der Waals surface area contributed by atoms with Gasteiger partial charge >= 0.3 is 0 Å². The molecule has 2 N–H and O–H groups in total. The molecule has 0 spiro atoms. The summed E-state index contributed by atoms with van der Waals surface area (Å²) in [6.45, 7) is 12.7. The molecule has 2 heteroatoms. The summed E-state index contributed by atoms with van der Waals surface area (Å²) in [6.07, 6.45) is 0.941. The summed E-state index contributed by atoms with van der Waals surface area (Å²) in [4.78, 5) is 0. The standard InChI is InChI=1S/C15H24O2/c1-10-7-11(13(17)12(16)8-10)15(5,6)9-14(2,3)4/h7-8,16-17H,9H2,1-6H3. The van der Waals surface area contributed by atoms with Gasteiger partial charge in [0.1, 0.15) is 0 Å². The topological polar surface area (TPSA) is 40.5 Å². The number of rotatable bonds is 2. The average molecular weight is 236 g/mol. The van der Waals surface area contributed by atoms with Gasteiger partial charge in [-0.3, -0.25) is 0 Å². The van der Waals surface area contributed by atoms with Crippen LogP contribution in [-0.2, 0) is 5.41 Å². The Labute approximate surface area is 104 Å². The Morgan fingerprint density at radius 2 is 1.53 bits per heavy atom. The lowest BCUT2D eigenvalue weighted by Gasteiger charge is -2.33. The molecule has 0 saturated heterocycles. The second-order valence-electron chi connectivity index (χ2n) is 6.80. The van der Waals surface area contributed by atoms with Crippen LogP contribution in [0.15, 0.2) is 12.1 Å². The van der Waals surface area contributed by atoms with Gasteiger partial charge in [0.05, 0.1) is 0 Å². The fraction of sp³-hybridized carbons (Fsp3) is 0.600. The lowest BCUT2D eigenvalue weighted by atomic mass is 9.71. The van der Waals surface area contributed by atoms with Gasteiger partial charge in [-0.1, -0.05) is 40.7 Å². The first-order valence-electron chi connectivity index (χ1n) is 6.06. The number of aromatic hydroxyl groups is 2. The Morgan fingerprint density at radius 1 is 1.00 bits per heavy atom. The Bertz CT molecular complexity index is 412. The van der Waals surface area contributed by atoms with E-state index in [2.05, 4.69) is 34.6 Å². The second kappa shape index (κ2) is 4.25. The van der Waals surface area contributed by atoms with Crippen molar-refractivity contribution in [2.75, 3.05) is 0 Å². The highest BCUT2D eigenvalue weighted by atomic mass is 16.3. The van der Waals surface area contributed by atoms with Gasteiger partial charge < -0.3 is 10.2 Å². The zero-order chi connectivity index (χ0) is 13.4. The predicted molar refractivity (Wildman–Crippen MR) is 71.6 cm³/mol. The van der Waals surface area contributed by atoms with E-state index in [1.165, 1.54) is 0 Å². The van der Waals surface area contributed by atoms with Gasteiger partial charge in [-0.2, -0.15) is 0 Å². The molecule has 0 aromatic heterocycles. The van der Waals surface area contributed by atoms with Gasteiger partial charge in [0.15, 0.2) is 11.5 Å². The normalized spacial score (nSPS) is 12.8. The third kappa shape index (κ3) is 3.39. The summed E-state index contributed by atoms with van der Waals surface area (Å²) in [5, 5.41) is 19.7. The minimum atomic E-state index is -0.161. The molecule has 0 saturated carbocycles. The minimum absolute atomic E-state index is 0.0184. The highest BCUT2D eigenvalue weighted by molar-refractivity contribution is 5.50. The van der Waals surface area contributed by atoms with Crippen LogP contribution < -0.4 is 0 Å². The molecule has 0 heterocycles. The Hall–Kier alpha value is -1.18. The minimum Gasteiger partial charge on any atom is -0.504 e. The molecule has 1 aromatic rings. The molecule has 1 rings (SSSR count). The third-order valence-corrected chi connectivity index (χ3v) is 2.94. The van der Waals surface area contributed by atoms with E-state index in [0.717, 1.165) is 17.5 Å². The molecule has 0 atom stereocenters. The van der Waals surface area contributed by atoms with Crippen molar-refractivity contribution in [3.05, 3.63) is 23.3 Å². The number of aryl methyl sites for hydroxylation is 1. The van der Waals surface area contributed by atoms with Crippen molar-refractivity contribution >= 4 is 0 Å². The zero-order valence-corrected chi connectivity index (χ0v) is 11.8. The molecule has 0 unspecified atom stereocenters. The SMILES string of the molecule is Cc1cc(O)c(O)c(C(C)(C)CC(C)(C)C)c1.